The zero-order valence-electron chi connectivity index (χ0n) is 17.5. The maximum absolute atomic E-state index is 11.5. The minimum atomic E-state index is 0.246. The molecule has 156 valence electrons. The molecule has 2 aromatic heterocycles. The average molecular weight is 422 g/mol. The van der Waals surface area contributed by atoms with Crippen LogP contribution in [-0.2, 0) is 11.2 Å². The molecule has 30 heavy (non-hydrogen) atoms. The number of pyridine rings is 1. The molecule has 1 saturated heterocycles. The van der Waals surface area contributed by atoms with E-state index in [2.05, 4.69) is 35.1 Å². The molecule has 0 N–H and O–H groups in total. The van der Waals surface area contributed by atoms with Gasteiger partial charge in [0.1, 0.15) is 11.9 Å². The van der Waals surface area contributed by atoms with Crippen molar-refractivity contribution in [3.05, 3.63) is 53.2 Å². The third-order valence-corrected chi connectivity index (χ3v) is 6.02. The van der Waals surface area contributed by atoms with Crippen molar-refractivity contribution in [2.75, 3.05) is 31.6 Å². The van der Waals surface area contributed by atoms with Gasteiger partial charge in [0.25, 0.3) is 0 Å². The van der Waals surface area contributed by atoms with Crippen LogP contribution in [0.2, 0.25) is 0 Å². The van der Waals surface area contributed by atoms with Crippen molar-refractivity contribution in [2.45, 2.75) is 32.6 Å². The number of likely N-dealkylation sites (N-methyl/N-ethyl adjacent to an activating group) is 1. The maximum atomic E-state index is 11.5. The molecule has 4 rings (SSSR count). The van der Waals surface area contributed by atoms with Crippen LogP contribution in [0.5, 0.6) is 0 Å². The standard InChI is InChI=1S/C13H16N4O.C10H11NS/c1-16(7-8-17-6-2-3-13(17)18)12-5-4-11(9-14)10-15-12;1-2-4-8-5-3-6-9-10(8)12-7-11-9/h4-5,10H,2-3,6-8H2,1H3;3,5-7H,2,4H2,1H3. The summed E-state index contributed by atoms with van der Waals surface area (Å²) in [4.78, 5) is 23.8. The van der Waals surface area contributed by atoms with Crippen LogP contribution in [0.15, 0.2) is 42.0 Å². The first-order valence-corrected chi connectivity index (χ1v) is 11.2. The van der Waals surface area contributed by atoms with Crippen molar-refractivity contribution in [3.63, 3.8) is 0 Å². The van der Waals surface area contributed by atoms with E-state index in [9.17, 15) is 4.79 Å². The molecule has 0 bridgehead atoms. The van der Waals surface area contributed by atoms with Gasteiger partial charge in [0.05, 0.1) is 21.3 Å². The van der Waals surface area contributed by atoms with E-state index < -0.39 is 0 Å². The first kappa shape index (κ1) is 21.7. The Morgan fingerprint density at radius 2 is 2.13 bits per heavy atom. The Labute approximate surface area is 181 Å². The highest BCUT2D eigenvalue weighted by Gasteiger charge is 2.19. The number of nitriles is 1. The third kappa shape index (κ3) is 5.55. The van der Waals surface area contributed by atoms with Gasteiger partial charge in [-0.15, -0.1) is 11.3 Å². The molecular formula is C23H27N5OS. The number of benzene rings is 1. The Balaban J connectivity index is 0.000000184. The zero-order chi connectivity index (χ0) is 21.3. The number of fused-ring (bicyclic) bond motifs is 1. The van der Waals surface area contributed by atoms with Crippen molar-refractivity contribution in [3.8, 4) is 6.07 Å². The molecular weight excluding hydrogens is 394 g/mol. The topological polar surface area (TPSA) is 73.1 Å². The second kappa shape index (κ2) is 10.7. The number of likely N-dealkylation sites (tertiary alicyclic amines) is 1. The van der Waals surface area contributed by atoms with E-state index in [4.69, 9.17) is 5.26 Å². The molecule has 3 heterocycles. The number of hydrogen-bond donors (Lipinski definition) is 0. The van der Waals surface area contributed by atoms with Crippen molar-refractivity contribution < 1.29 is 4.79 Å². The number of thiazole rings is 1. The smallest absolute Gasteiger partial charge is 0.222 e. The van der Waals surface area contributed by atoms with Gasteiger partial charge in [-0.05, 0) is 36.6 Å². The Bertz CT molecular complexity index is 1010. The summed E-state index contributed by atoms with van der Waals surface area (Å²) in [5.74, 6) is 1.07. The zero-order valence-corrected chi connectivity index (χ0v) is 18.4. The maximum Gasteiger partial charge on any atom is 0.222 e. The summed E-state index contributed by atoms with van der Waals surface area (Å²) >= 11 is 1.74. The number of aromatic nitrogens is 2. The summed E-state index contributed by atoms with van der Waals surface area (Å²) in [6.45, 7) is 4.56. The van der Waals surface area contributed by atoms with Gasteiger partial charge in [-0.3, -0.25) is 4.79 Å². The average Bonchev–Trinajstić information content (AvgIpc) is 3.42. The quantitative estimate of drug-likeness (QED) is 0.595. The summed E-state index contributed by atoms with van der Waals surface area (Å²) in [7, 11) is 1.94. The van der Waals surface area contributed by atoms with Crippen LogP contribution < -0.4 is 4.90 Å². The SMILES string of the molecule is CCCc1cccc2ncsc12.CN(CCN1CCCC1=O)c1ccc(C#N)cn1. The molecule has 3 aromatic rings. The van der Waals surface area contributed by atoms with E-state index in [1.807, 2.05) is 34.5 Å². The van der Waals surface area contributed by atoms with Crippen molar-refractivity contribution in [1.29, 1.82) is 5.26 Å². The summed E-state index contributed by atoms with van der Waals surface area (Å²) in [5.41, 5.74) is 5.06. The van der Waals surface area contributed by atoms with E-state index in [1.165, 1.54) is 23.1 Å². The number of amides is 1. The normalized spacial score (nSPS) is 13.1. The fourth-order valence-electron chi connectivity index (χ4n) is 3.41. The first-order chi connectivity index (χ1) is 14.6. The molecule has 0 aliphatic carbocycles. The second-order valence-electron chi connectivity index (χ2n) is 7.29. The Hall–Kier alpha value is -2.98. The molecule has 6 nitrogen and oxygen atoms in total. The molecule has 0 radical (unpaired) electrons. The van der Waals surface area contributed by atoms with Crippen LogP contribution in [0.4, 0.5) is 5.82 Å². The van der Waals surface area contributed by atoms with Crippen LogP contribution in [0.3, 0.4) is 0 Å². The van der Waals surface area contributed by atoms with E-state index in [-0.39, 0.29) is 5.91 Å². The molecule has 1 aromatic carbocycles. The predicted octanol–water partition coefficient (Wildman–Crippen LogP) is 4.26. The van der Waals surface area contributed by atoms with E-state index in [0.29, 0.717) is 12.0 Å². The van der Waals surface area contributed by atoms with Gasteiger partial charge in [0.15, 0.2) is 0 Å². The van der Waals surface area contributed by atoms with E-state index >= 15 is 0 Å². The summed E-state index contributed by atoms with van der Waals surface area (Å²) in [5, 5.41) is 8.70. The van der Waals surface area contributed by atoms with Crippen molar-refractivity contribution in [2.24, 2.45) is 0 Å². The summed E-state index contributed by atoms with van der Waals surface area (Å²) in [6, 6.07) is 12.0. The van der Waals surface area contributed by atoms with Gasteiger partial charge < -0.3 is 9.80 Å². The minimum absolute atomic E-state index is 0.246. The minimum Gasteiger partial charge on any atom is -0.358 e. The Morgan fingerprint density at radius 1 is 1.27 bits per heavy atom. The summed E-state index contributed by atoms with van der Waals surface area (Å²) < 4.78 is 1.36. The van der Waals surface area contributed by atoms with Crippen LogP contribution in [0.1, 0.15) is 37.3 Å². The van der Waals surface area contributed by atoms with Gasteiger partial charge in [0.2, 0.25) is 5.91 Å². The fraction of sp³-hybridized carbons (Fsp3) is 0.391. The van der Waals surface area contributed by atoms with Gasteiger partial charge in [-0.1, -0.05) is 25.5 Å². The number of carbonyl (C=O) groups is 1. The molecule has 1 aliphatic rings. The van der Waals surface area contributed by atoms with Crippen LogP contribution in [-0.4, -0.2) is 47.5 Å². The molecule has 0 unspecified atom stereocenters. The number of anilines is 1. The molecule has 0 spiro atoms. The lowest BCUT2D eigenvalue weighted by atomic mass is 10.1. The molecule has 1 amide bonds. The van der Waals surface area contributed by atoms with Crippen LogP contribution in [0, 0.1) is 11.3 Å². The molecule has 1 fully saturated rings. The lowest BCUT2D eigenvalue weighted by molar-refractivity contribution is -0.127. The predicted molar refractivity (Wildman–Crippen MR) is 122 cm³/mol. The summed E-state index contributed by atoms with van der Waals surface area (Å²) in [6.07, 6.45) is 5.58. The van der Waals surface area contributed by atoms with E-state index in [0.717, 1.165) is 37.4 Å². The van der Waals surface area contributed by atoms with Gasteiger partial charge in [-0.25, -0.2) is 9.97 Å². The Kier molecular flexibility index (Phi) is 7.75. The van der Waals surface area contributed by atoms with Crippen molar-refractivity contribution in [1.82, 2.24) is 14.9 Å². The van der Waals surface area contributed by atoms with Gasteiger partial charge >= 0.3 is 0 Å². The van der Waals surface area contributed by atoms with Gasteiger partial charge in [0, 0.05) is 39.3 Å². The number of carbonyl (C=O) groups excluding carboxylic acids is 1. The largest absolute Gasteiger partial charge is 0.358 e. The van der Waals surface area contributed by atoms with Crippen LogP contribution in [0.25, 0.3) is 10.2 Å². The molecule has 0 atom stereocenters. The van der Waals surface area contributed by atoms with Crippen LogP contribution >= 0.6 is 11.3 Å². The molecule has 0 saturated carbocycles. The molecule has 7 heteroatoms. The third-order valence-electron chi connectivity index (χ3n) is 5.10. The first-order valence-electron chi connectivity index (χ1n) is 10.3. The van der Waals surface area contributed by atoms with Crippen molar-refractivity contribution >= 4 is 33.3 Å². The fourth-order valence-corrected chi connectivity index (χ4v) is 4.25. The monoisotopic (exact) mass is 421 g/mol. The molecule has 1 aliphatic heterocycles. The number of rotatable bonds is 6. The van der Waals surface area contributed by atoms with Gasteiger partial charge in [-0.2, -0.15) is 5.26 Å². The highest BCUT2D eigenvalue weighted by atomic mass is 32.1. The highest BCUT2D eigenvalue weighted by molar-refractivity contribution is 7.16. The number of nitrogens with zero attached hydrogens (tertiary/aromatic N) is 5. The lowest BCUT2D eigenvalue weighted by Gasteiger charge is -2.22. The Morgan fingerprint density at radius 3 is 2.80 bits per heavy atom. The lowest BCUT2D eigenvalue weighted by Crippen LogP contribution is -2.34. The van der Waals surface area contributed by atoms with E-state index in [1.54, 1.807) is 23.6 Å². The number of hydrogen-bond acceptors (Lipinski definition) is 6. The second-order valence-corrected chi connectivity index (χ2v) is 8.15. The number of aryl methyl sites for hydroxylation is 1. The highest BCUT2D eigenvalue weighted by Crippen LogP contribution is 2.22.